The molecular weight excluding hydrogens is 220 g/mol. The number of amides is 1. The highest BCUT2D eigenvalue weighted by atomic mass is 32.2. The maximum absolute atomic E-state index is 11.5. The smallest absolute Gasteiger partial charge is 0.230 e. The predicted molar refractivity (Wildman–Crippen MR) is 66.2 cm³/mol. The number of carbonyl (C=O) groups is 1. The van der Waals surface area contributed by atoms with Gasteiger partial charge in [-0.1, -0.05) is 12.1 Å². The highest BCUT2D eigenvalue weighted by Crippen LogP contribution is 2.21. The molecule has 1 aromatic rings. The summed E-state index contributed by atoms with van der Waals surface area (Å²) in [5.41, 5.74) is 6.66. The first-order valence-corrected chi connectivity index (χ1v) is 6.47. The van der Waals surface area contributed by atoms with Gasteiger partial charge < -0.3 is 11.1 Å². The fraction of sp³-hybridized carbons (Fsp3) is 0.417. The largest absolute Gasteiger partial charge is 0.353 e. The standard InChI is InChI=1S/C12H16N2OS/c13-7-9-2-1-3-11(6-9)16-8-12(15)14-10-4-5-10/h1-3,6,10H,4-5,7-8,13H2,(H,14,15). The Morgan fingerprint density at radius 2 is 2.31 bits per heavy atom. The molecule has 0 heterocycles. The minimum absolute atomic E-state index is 0.130. The van der Waals surface area contributed by atoms with Crippen LogP contribution in [0.1, 0.15) is 18.4 Å². The van der Waals surface area contributed by atoms with Crippen LogP contribution in [-0.2, 0) is 11.3 Å². The lowest BCUT2D eigenvalue weighted by molar-refractivity contribution is -0.118. The first kappa shape index (κ1) is 11.5. The van der Waals surface area contributed by atoms with Crippen molar-refractivity contribution in [3.8, 4) is 0 Å². The second-order valence-corrected chi connectivity index (χ2v) is 5.03. The molecule has 1 saturated carbocycles. The number of hydrogen-bond donors (Lipinski definition) is 2. The number of nitrogens with one attached hydrogen (secondary N) is 1. The summed E-state index contributed by atoms with van der Waals surface area (Å²) in [5, 5.41) is 2.97. The first-order chi connectivity index (χ1) is 7.78. The summed E-state index contributed by atoms with van der Waals surface area (Å²) < 4.78 is 0. The number of nitrogens with two attached hydrogens (primary N) is 1. The molecule has 0 saturated heterocycles. The molecule has 2 rings (SSSR count). The minimum Gasteiger partial charge on any atom is -0.353 e. The van der Waals surface area contributed by atoms with Gasteiger partial charge in [-0.3, -0.25) is 4.79 Å². The van der Waals surface area contributed by atoms with Crippen LogP contribution in [-0.4, -0.2) is 17.7 Å². The van der Waals surface area contributed by atoms with Crippen molar-refractivity contribution in [3.05, 3.63) is 29.8 Å². The number of thioether (sulfide) groups is 1. The molecule has 1 amide bonds. The van der Waals surface area contributed by atoms with Crippen LogP contribution in [0.25, 0.3) is 0 Å². The van der Waals surface area contributed by atoms with Crippen molar-refractivity contribution in [1.29, 1.82) is 0 Å². The van der Waals surface area contributed by atoms with Crippen LogP contribution >= 0.6 is 11.8 Å². The molecule has 4 heteroatoms. The Hall–Kier alpha value is -1.00. The van der Waals surface area contributed by atoms with Crippen molar-refractivity contribution in [2.24, 2.45) is 5.73 Å². The SMILES string of the molecule is NCc1cccc(SCC(=O)NC2CC2)c1. The zero-order valence-corrected chi connectivity index (χ0v) is 9.93. The molecule has 0 aliphatic heterocycles. The van der Waals surface area contributed by atoms with E-state index in [-0.39, 0.29) is 5.91 Å². The zero-order chi connectivity index (χ0) is 11.4. The van der Waals surface area contributed by atoms with E-state index in [1.54, 1.807) is 11.8 Å². The summed E-state index contributed by atoms with van der Waals surface area (Å²) in [5.74, 6) is 0.621. The molecule has 3 nitrogen and oxygen atoms in total. The van der Waals surface area contributed by atoms with Crippen molar-refractivity contribution in [1.82, 2.24) is 5.32 Å². The van der Waals surface area contributed by atoms with E-state index in [1.165, 1.54) is 0 Å². The van der Waals surface area contributed by atoms with E-state index in [9.17, 15) is 4.79 Å². The average Bonchev–Trinajstić information content (AvgIpc) is 3.10. The van der Waals surface area contributed by atoms with Crippen LogP contribution in [0.2, 0.25) is 0 Å². The van der Waals surface area contributed by atoms with Crippen molar-refractivity contribution < 1.29 is 4.79 Å². The predicted octanol–water partition coefficient (Wildman–Crippen LogP) is 1.52. The van der Waals surface area contributed by atoms with Gasteiger partial charge in [0.15, 0.2) is 0 Å². The van der Waals surface area contributed by atoms with Gasteiger partial charge in [-0.25, -0.2) is 0 Å². The van der Waals surface area contributed by atoms with Crippen molar-refractivity contribution in [2.75, 3.05) is 5.75 Å². The van der Waals surface area contributed by atoms with Crippen molar-refractivity contribution in [3.63, 3.8) is 0 Å². The van der Waals surface area contributed by atoms with Gasteiger partial charge in [0.05, 0.1) is 5.75 Å². The summed E-state index contributed by atoms with van der Waals surface area (Å²) in [4.78, 5) is 12.6. The minimum atomic E-state index is 0.130. The van der Waals surface area contributed by atoms with Gasteiger partial charge in [0.1, 0.15) is 0 Å². The number of carbonyl (C=O) groups excluding carboxylic acids is 1. The van der Waals surface area contributed by atoms with Gasteiger partial charge in [-0.15, -0.1) is 11.8 Å². The van der Waals surface area contributed by atoms with E-state index >= 15 is 0 Å². The topological polar surface area (TPSA) is 55.1 Å². The maximum atomic E-state index is 11.5. The Bertz CT molecular complexity index is 377. The second kappa shape index (κ2) is 5.37. The van der Waals surface area contributed by atoms with Crippen molar-refractivity contribution in [2.45, 2.75) is 30.3 Å². The van der Waals surface area contributed by atoms with Crippen LogP contribution < -0.4 is 11.1 Å². The zero-order valence-electron chi connectivity index (χ0n) is 9.11. The summed E-state index contributed by atoms with van der Waals surface area (Å²) in [6.45, 7) is 0.544. The number of hydrogen-bond acceptors (Lipinski definition) is 3. The fourth-order valence-electron chi connectivity index (χ4n) is 1.41. The molecular formula is C12H16N2OS. The van der Waals surface area contributed by atoms with Gasteiger partial charge in [0.25, 0.3) is 0 Å². The third-order valence-electron chi connectivity index (χ3n) is 2.45. The molecule has 1 aromatic carbocycles. The monoisotopic (exact) mass is 236 g/mol. The molecule has 16 heavy (non-hydrogen) atoms. The lowest BCUT2D eigenvalue weighted by Crippen LogP contribution is -2.26. The van der Waals surface area contributed by atoms with Gasteiger partial charge in [-0.05, 0) is 30.5 Å². The normalized spacial score (nSPS) is 14.8. The van der Waals surface area contributed by atoms with E-state index in [0.717, 1.165) is 23.3 Å². The molecule has 86 valence electrons. The molecule has 3 N–H and O–H groups in total. The summed E-state index contributed by atoms with van der Waals surface area (Å²) in [6.07, 6.45) is 2.28. The van der Waals surface area contributed by atoms with Crippen LogP contribution in [0.4, 0.5) is 0 Å². The second-order valence-electron chi connectivity index (χ2n) is 3.98. The molecule has 1 aliphatic rings. The van der Waals surface area contributed by atoms with E-state index in [2.05, 4.69) is 5.32 Å². The van der Waals surface area contributed by atoms with E-state index in [4.69, 9.17) is 5.73 Å². The lowest BCUT2D eigenvalue weighted by atomic mass is 10.2. The lowest BCUT2D eigenvalue weighted by Gasteiger charge is -2.04. The first-order valence-electron chi connectivity index (χ1n) is 5.49. The molecule has 0 spiro atoms. The third kappa shape index (κ3) is 3.54. The highest BCUT2D eigenvalue weighted by molar-refractivity contribution is 8.00. The average molecular weight is 236 g/mol. The Kier molecular flexibility index (Phi) is 3.85. The summed E-state index contributed by atoms with van der Waals surface area (Å²) in [6, 6.07) is 8.46. The third-order valence-corrected chi connectivity index (χ3v) is 3.44. The van der Waals surface area contributed by atoms with Crippen LogP contribution in [0, 0.1) is 0 Å². The summed E-state index contributed by atoms with van der Waals surface area (Å²) in [7, 11) is 0. The van der Waals surface area contributed by atoms with Gasteiger partial charge >= 0.3 is 0 Å². The molecule has 0 radical (unpaired) electrons. The molecule has 1 aliphatic carbocycles. The van der Waals surface area contributed by atoms with Crippen LogP contribution in [0.3, 0.4) is 0 Å². The molecule has 0 atom stereocenters. The molecule has 1 fully saturated rings. The Labute approximate surface area is 99.8 Å². The molecule has 0 bridgehead atoms. The maximum Gasteiger partial charge on any atom is 0.230 e. The van der Waals surface area contributed by atoms with Gasteiger partial charge in [-0.2, -0.15) is 0 Å². The number of benzene rings is 1. The quantitative estimate of drug-likeness (QED) is 0.762. The van der Waals surface area contributed by atoms with Crippen LogP contribution in [0.15, 0.2) is 29.2 Å². The number of rotatable bonds is 5. The van der Waals surface area contributed by atoms with E-state index in [0.29, 0.717) is 18.3 Å². The Morgan fingerprint density at radius 3 is 3.00 bits per heavy atom. The molecule has 0 unspecified atom stereocenters. The Balaban J connectivity index is 1.80. The Morgan fingerprint density at radius 1 is 1.50 bits per heavy atom. The fourth-order valence-corrected chi connectivity index (χ4v) is 2.20. The molecule has 0 aromatic heterocycles. The van der Waals surface area contributed by atoms with E-state index in [1.807, 2.05) is 24.3 Å². The van der Waals surface area contributed by atoms with Crippen LogP contribution in [0.5, 0.6) is 0 Å². The summed E-state index contributed by atoms with van der Waals surface area (Å²) >= 11 is 1.56. The van der Waals surface area contributed by atoms with Gasteiger partial charge in [0.2, 0.25) is 5.91 Å². The van der Waals surface area contributed by atoms with Gasteiger partial charge in [0, 0.05) is 17.5 Å². The van der Waals surface area contributed by atoms with E-state index < -0.39 is 0 Å². The highest BCUT2D eigenvalue weighted by Gasteiger charge is 2.22. The van der Waals surface area contributed by atoms with Crippen molar-refractivity contribution >= 4 is 17.7 Å².